The largest absolute Gasteiger partial charge is 0.463 e. The Hall–Kier alpha value is -3.25. The van der Waals surface area contributed by atoms with Gasteiger partial charge in [-0.15, -0.1) is 0 Å². The molecule has 1 aliphatic rings. The standard InChI is InChI=1S/C21H17ClN2O4/c1-23-16-9-5-3-7-13(16)20(25)24(17-10-6-4-8-15(17)22)19(23)14-11-12-28-18(14)21(26)27-2/h3-12,19H,1-2H3/t19-/m0/s1. The number of esters is 1. The molecule has 3 aromatic rings. The Morgan fingerprint density at radius 3 is 2.46 bits per heavy atom. The van der Waals surface area contributed by atoms with E-state index in [-0.39, 0.29) is 11.7 Å². The van der Waals surface area contributed by atoms with Crippen molar-refractivity contribution in [2.24, 2.45) is 0 Å². The molecule has 0 aliphatic carbocycles. The summed E-state index contributed by atoms with van der Waals surface area (Å²) in [5.74, 6) is -0.786. The zero-order chi connectivity index (χ0) is 19.8. The molecule has 0 bridgehead atoms. The van der Waals surface area contributed by atoms with Crippen molar-refractivity contribution in [1.82, 2.24) is 0 Å². The molecule has 0 N–H and O–H groups in total. The number of nitrogens with zero attached hydrogens (tertiary/aromatic N) is 2. The summed E-state index contributed by atoms with van der Waals surface area (Å²) in [5, 5.41) is 0.428. The number of para-hydroxylation sites is 2. The summed E-state index contributed by atoms with van der Waals surface area (Å²) in [4.78, 5) is 29.2. The maximum atomic E-state index is 13.5. The Bertz CT molecular complexity index is 1060. The molecule has 0 saturated carbocycles. The molecule has 28 heavy (non-hydrogen) atoms. The van der Waals surface area contributed by atoms with Crippen LogP contribution >= 0.6 is 11.6 Å². The monoisotopic (exact) mass is 396 g/mol. The van der Waals surface area contributed by atoms with Crippen LogP contribution in [0.15, 0.2) is 65.3 Å². The minimum absolute atomic E-state index is 0.0450. The highest BCUT2D eigenvalue weighted by Gasteiger charge is 2.41. The van der Waals surface area contributed by atoms with E-state index in [4.69, 9.17) is 20.8 Å². The molecule has 0 radical (unpaired) electrons. The van der Waals surface area contributed by atoms with E-state index < -0.39 is 12.1 Å². The number of hydrogen-bond acceptors (Lipinski definition) is 5. The van der Waals surface area contributed by atoms with Gasteiger partial charge in [0.25, 0.3) is 5.91 Å². The molecule has 0 fully saturated rings. The Labute approximate surface area is 166 Å². The van der Waals surface area contributed by atoms with E-state index in [0.717, 1.165) is 5.69 Å². The zero-order valence-electron chi connectivity index (χ0n) is 15.3. The van der Waals surface area contributed by atoms with Gasteiger partial charge in [-0.1, -0.05) is 35.9 Å². The van der Waals surface area contributed by atoms with Crippen molar-refractivity contribution in [2.45, 2.75) is 6.17 Å². The topological polar surface area (TPSA) is 63.0 Å². The number of carbonyl (C=O) groups is 2. The van der Waals surface area contributed by atoms with Gasteiger partial charge in [0.05, 0.1) is 35.3 Å². The van der Waals surface area contributed by atoms with Gasteiger partial charge in [-0.05, 0) is 30.3 Å². The van der Waals surface area contributed by atoms with E-state index in [1.54, 1.807) is 35.2 Å². The molecule has 1 aromatic heterocycles. The Morgan fingerprint density at radius 2 is 1.75 bits per heavy atom. The third kappa shape index (κ3) is 2.73. The van der Waals surface area contributed by atoms with Gasteiger partial charge in [0, 0.05) is 12.6 Å². The first kappa shape index (κ1) is 18.1. The number of benzene rings is 2. The number of ether oxygens (including phenoxy) is 1. The number of anilines is 2. The molecule has 2 heterocycles. The van der Waals surface area contributed by atoms with Gasteiger partial charge in [-0.2, -0.15) is 0 Å². The fourth-order valence-corrected chi connectivity index (χ4v) is 3.75. The maximum Gasteiger partial charge on any atom is 0.374 e. The number of methoxy groups -OCH3 is 1. The molecular weight excluding hydrogens is 380 g/mol. The van der Waals surface area contributed by atoms with Crippen LogP contribution in [-0.4, -0.2) is 26.0 Å². The second kappa shape index (κ2) is 7.05. The number of hydrogen-bond donors (Lipinski definition) is 0. The van der Waals surface area contributed by atoms with Gasteiger partial charge < -0.3 is 14.1 Å². The molecule has 4 rings (SSSR count). The van der Waals surface area contributed by atoms with E-state index in [2.05, 4.69) is 0 Å². The van der Waals surface area contributed by atoms with E-state index in [0.29, 0.717) is 21.8 Å². The average molecular weight is 397 g/mol. The van der Waals surface area contributed by atoms with Crippen molar-refractivity contribution >= 4 is 34.9 Å². The van der Waals surface area contributed by atoms with Crippen molar-refractivity contribution in [3.05, 3.63) is 82.8 Å². The Balaban J connectivity index is 1.96. The summed E-state index contributed by atoms with van der Waals surface area (Å²) in [6.07, 6.45) is 0.765. The van der Waals surface area contributed by atoms with Crippen LogP contribution in [0.3, 0.4) is 0 Å². The molecule has 0 unspecified atom stereocenters. The fraction of sp³-hybridized carbons (Fsp3) is 0.143. The van der Waals surface area contributed by atoms with Crippen molar-refractivity contribution < 1.29 is 18.7 Å². The van der Waals surface area contributed by atoms with Gasteiger partial charge in [0.15, 0.2) is 0 Å². The van der Waals surface area contributed by atoms with Crippen LogP contribution in [0, 0.1) is 0 Å². The number of furan rings is 1. The highest BCUT2D eigenvalue weighted by Crippen LogP contribution is 2.43. The molecular formula is C21H17ClN2O4. The van der Waals surface area contributed by atoms with Crippen LogP contribution in [0.1, 0.15) is 32.6 Å². The van der Waals surface area contributed by atoms with E-state index in [1.165, 1.54) is 13.4 Å². The van der Waals surface area contributed by atoms with Crippen molar-refractivity contribution in [2.75, 3.05) is 24.0 Å². The summed E-state index contributed by atoms with van der Waals surface area (Å²) in [6, 6.07) is 16.1. The average Bonchev–Trinajstić information content (AvgIpc) is 3.20. The second-order valence-electron chi connectivity index (χ2n) is 6.32. The molecule has 6 nitrogen and oxygen atoms in total. The van der Waals surface area contributed by atoms with Gasteiger partial charge in [0.2, 0.25) is 5.76 Å². The lowest BCUT2D eigenvalue weighted by Gasteiger charge is -2.43. The molecule has 0 saturated heterocycles. The SMILES string of the molecule is COC(=O)c1occc1[C@H]1N(C)c2ccccc2C(=O)N1c1ccccc1Cl. The summed E-state index contributed by atoms with van der Waals surface area (Å²) < 4.78 is 10.2. The molecule has 142 valence electrons. The molecule has 1 aliphatic heterocycles. The van der Waals surface area contributed by atoms with Crippen LogP contribution < -0.4 is 9.80 Å². The molecule has 0 spiro atoms. The molecule has 1 amide bonds. The summed E-state index contributed by atoms with van der Waals surface area (Å²) in [5.41, 5.74) is 2.34. The highest BCUT2D eigenvalue weighted by molar-refractivity contribution is 6.34. The van der Waals surface area contributed by atoms with Crippen LogP contribution in [0.25, 0.3) is 0 Å². The highest BCUT2D eigenvalue weighted by atomic mass is 35.5. The lowest BCUT2D eigenvalue weighted by Crippen LogP contribution is -2.48. The summed E-state index contributed by atoms with van der Waals surface area (Å²) in [7, 11) is 3.14. The van der Waals surface area contributed by atoms with Gasteiger partial charge in [-0.25, -0.2) is 4.79 Å². The summed E-state index contributed by atoms with van der Waals surface area (Å²) >= 11 is 6.43. The quantitative estimate of drug-likeness (QED) is 0.609. The zero-order valence-corrected chi connectivity index (χ0v) is 16.0. The lowest BCUT2D eigenvalue weighted by molar-refractivity contribution is 0.0561. The first-order valence-corrected chi connectivity index (χ1v) is 8.98. The van der Waals surface area contributed by atoms with Gasteiger partial charge in [-0.3, -0.25) is 9.69 Å². The van der Waals surface area contributed by atoms with Gasteiger partial charge >= 0.3 is 5.97 Å². The number of amides is 1. The first-order chi connectivity index (χ1) is 13.5. The Morgan fingerprint density at radius 1 is 1.07 bits per heavy atom. The van der Waals surface area contributed by atoms with Crippen LogP contribution in [0.2, 0.25) is 5.02 Å². The molecule has 7 heteroatoms. The molecule has 2 aromatic carbocycles. The predicted octanol–water partition coefficient (Wildman–Crippen LogP) is 4.52. The number of carbonyl (C=O) groups excluding carboxylic acids is 2. The van der Waals surface area contributed by atoms with E-state index in [1.807, 2.05) is 36.2 Å². The number of fused-ring (bicyclic) bond motifs is 1. The predicted molar refractivity (Wildman–Crippen MR) is 106 cm³/mol. The molecule has 1 atom stereocenters. The van der Waals surface area contributed by atoms with Crippen molar-refractivity contribution in [1.29, 1.82) is 0 Å². The first-order valence-electron chi connectivity index (χ1n) is 8.60. The minimum atomic E-state index is -0.643. The third-order valence-electron chi connectivity index (χ3n) is 4.80. The van der Waals surface area contributed by atoms with Crippen molar-refractivity contribution in [3.8, 4) is 0 Å². The van der Waals surface area contributed by atoms with E-state index >= 15 is 0 Å². The second-order valence-corrected chi connectivity index (χ2v) is 6.73. The third-order valence-corrected chi connectivity index (χ3v) is 5.12. The summed E-state index contributed by atoms with van der Waals surface area (Å²) in [6.45, 7) is 0. The van der Waals surface area contributed by atoms with Crippen LogP contribution in [-0.2, 0) is 4.74 Å². The maximum absolute atomic E-state index is 13.5. The number of rotatable bonds is 3. The Kier molecular flexibility index (Phi) is 4.57. The van der Waals surface area contributed by atoms with Gasteiger partial charge in [0.1, 0.15) is 6.17 Å². The smallest absolute Gasteiger partial charge is 0.374 e. The lowest BCUT2D eigenvalue weighted by atomic mass is 10.0. The fourth-order valence-electron chi connectivity index (χ4n) is 3.52. The number of halogens is 1. The van der Waals surface area contributed by atoms with Crippen molar-refractivity contribution in [3.63, 3.8) is 0 Å². The minimum Gasteiger partial charge on any atom is -0.463 e. The van der Waals surface area contributed by atoms with Crippen LogP contribution in [0.4, 0.5) is 11.4 Å². The van der Waals surface area contributed by atoms with E-state index in [9.17, 15) is 9.59 Å². The van der Waals surface area contributed by atoms with Crippen LogP contribution in [0.5, 0.6) is 0 Å². The normalized spacial score (nSPS) is 16.1.